The van der Waals surface area contributed by atoms with E-state index in [2.05, 4.69) is 15.3 Å². The number of benzene rings is 1. The van der Waals surface area contributed by atoms with Crippen molar-refractivity contribution < 1.29 is 4.79 Å². The largest absolute Gasteiger partial charge is 0.369 e. The van der Waals surface area contributed by atoms with Gasteiger partial charge in [0.2, 0.25) is 5.91 Å². The molecule has 100 valence electrons. The van der Waals surface area contributed by atoms with Crippen molar-refractivity contribution in [2.45, 2.75) is 12.8 Å². The highest BCUT2D eigenvalue weighted by Gasteiger charge is 2.04. The highest BCUT2D eigenvalue weighted by molar-refractivity contribution is 6.18. The molecule has 0 atom stereocenters. The Morgan fingerprint density at radius 1 is 1.37 bits per heavy atom. The molecule has 1 aromatic heterocycles. The standard InChI is InChI=1S/C13H15ClN4O/c14-7-1-2-12(19)17-10-5-3-9(4-6-10)11-8-16-13(15)18-11/h3-6,8H,1-2,7H2,(H,17,19)(H3,15,16,18). The maximum atomic E-state index is 11.5. The van der Waals surface area contributed by atoms with Crippen molar-refractivity contribution in [1.29, 1.82) is 0 Å². The molecular formula is C13H15ClN4O. The number of nitrogens with one attached hydrogen (secondary N) is 2. The van der Waals surface area contributed by atoms with Gasteiger partial charge < -0.3 is 16.0 Å². The molecule has 2 aromatic rings. The number of hydrogen-bond donors (Lipinski definition) is 3. The van der Waals surface area contributed by atoms with Gasteiger partial charge >= 0.3 is 0 Å². The first kappa shape index (κ1) is 13.4. The smallest absolute Gasteiger partial charge is 0.224 e. The summed E-state index contributed by atoms with van der Waals surface area (Å²) in [6, 6.07) is 7.46. The quantitative estimate of drug-likeness (QED) is 0.735. The van der Waals surface area contributed by atoms with E-state index in [9.17, 15) is 4.79 Å². The molecule has 5 nitrogen and oxygen atoms in total. The van der Waals surface area contributed by atoms with Crippen molar-refractivity contribution in [3.8, 4) is 11.3 Å². The van der Waals surface area contributed by atoms with E-state index in [1.807, 2.05) is 24.3 Å². The summed E-state index contributed by atoms with van der Waals surface area (Å²) in [7, 11) is 0. The van der Waals surface area contributed by atoms with Gasteiger partial charge in [-0.25, -0.2) is 4.98 Å². The molecule has 1 aromatic carbocycles. The number of H-pyrrole nitrogens is 1. The molecule has 0 aliphatic rings. The van der Waals surface area contributed by atoms with Gasteiger partial charge in [0.25, 0.3) is 0 Å². The van der Waals surface area contributed by atoms with Crippen molar-refractivity contribution in [2.24, 2.45) is 0 Å². The number of nitrogens with zero attached hydrogens (tertiary/aromatic N) is 1. The molecule has 0 spiro atoms. The SMILES string of the molecule is Nc1ncc(-c2ccc(NC(=O)CCCCl)cc2)[nH]1. The van der Waals surface area contributed by atoms with Gasteiger partial charge in [-0.2, -0.15) is 0 Å². The minimum Gasteiger partial charge on any atom is -0.369 e. The third kappa shape index (κ3) is 3.72. The van der Waals surface area contributed by atoms with E-state index >= 15 is 0 Å². The zero-order chi connectivity index (χ0) is 13.7. The third-order valence-electron chi connectivity index (χ3n) is 2.61. The average molecular weight is 279 g/mol. The second-order valence-electron chi connectivity index (χ2n) is 4.10. The van der Waals surface area contributed by atoms with Crippen molar-refractivity contribution in [3.05, 3.63) is 30.5 Å². The molecule has 0 aliphatic heterocycles. The van der Waals surface area contributed by atoms with Crippen molar-refractivity contribution in [2.75, 3.05) is 16.9 Å². The summed E-state index contributed by atoms with van der Waals surface area (Å²) in [5, 5.41) is 2.81. The van der Waals surface area contributed by atoms with Gasteiger partial charge in [-0.3, -0.25) is 4.79 Å². The van der Waals surface area contributed by atoms with Crippen LogP contribution in [0.25, 0.3) is 11.3 Å². The van der Waals surface area contributed by atoms with E-state index in [0.29, 0.717) is 24.7 Å². The molecule has 6 heteroatoms. The monoisotopic (exact) mass is 278 g/mol. The number of aromatic amines is 1. The van der Waals surface area contributed by atoms with Crippen LogP contribution in [0.2, 0.25) is 0 Å². The van der Waals surface area contributed by atoms with Crippen LogP contribution in [0.15, 0.2) is 30.5 Å². The van der Waals surface area contributed by atoms with E-state index in [1.54, 1.807) is 6.20 Å². The lowest BCUT2D eigenvalue weighted by Crippen LogP contribution is -2.11. The van der Waals surface area contributed by atoms with Crippen LogP contribution in [0, 0.1) is 0 Å². The molecule has 0 fully saturated rings. The molecule has 19 heavy (non-hydrogen) atoms. The number of hydrogen-bond acceptors (Lipinski definition) is 3. The molecular weight excluding hydrogens is 264 g/mol. The predicted octanol–water partition coefficient (Wildman–Crippen LogP) is 2.62. The van der Waals surface area contributed by atoms with Crippen LogP contribution in [0.4, 0.5) is 11.6 Å². The summed E-state index contributed by atoms with van der Waals surface area (Å²) in [6.07, 6.45) is 2.78. The lowest BCUT2D eigenvalue weighted by Gasteiger charge is -2.05. The number of rotatable bonds is 5. The van der Waals surface area contributed by atoms with E-state index < -0.39 is 0 Å². The Bertz CT molecular complexity index is 550. The number of carbonyl (C=O) groups excluding carboxylic acids is 1. The molecule has 0 radical (unpaired) electrons. The summed E-state index contributed by atoms with van der Waals surface area (Å²) in [5.41, 5.74) is 8.09. The van der Waals surface area contributed by atoms with Crippen LogP contribution in [0.1, 0.15) is 12.8 Å². The number of halogens is 1. The first-order valence-corrected chi connectivity index (χ1v) is 6.49. The molecule has 1 heterocycles. The fraction of sp³-hybridized carbons (Fsp3) is 0.231. The second-order valence-corrected chi connectivity index (χ2v) is 4.48. The second kappa shape index (κ2) is 6.24. The topological polar surface area (TPSA) is 83.8 Å². The Morgan fingerprint density at radius 2 is 2.11 bits per heavy atom. The summed E-state index contributed by atoms with van der Waals surface area (Å²) in [5.74, 6) is 0.848. The lowest BCUT2D eigenvalue weighted by molar-refractivity contribution is -0.116. The Hall–Kier alpha value is -2.01. The minimum absolute atomic E-state index is 0.0285. The fourth-order valence-electron chi connectivity index (χ4n) is 1.67. The number of nitrogen functional groups attached to an aromatic ring is 1. The zero-order valence-electron chi connectivity index (χ0n) is 10.3. The normalized spacial score (nSPS) is 10.4. The summed E-state index contributed by atoms with van der Waals surface area (Å²) in [4.78, 5) is 18.4. The molecule has 0 unspecified atom stereocenters. The van der Waals surface area contributed by atoms with E-state index in [4.69, 9.17) is 17.3 Å². The summed E-state index contributed by atoms with van der Waals surface area (Å²) >= 11 is 5.54. The molecule has 1 amide bonds. The Balaban J connectivity index is 2.00. The first-order valence-electron chi connectivity index (χ1n) is 5.96. The van der Waals surface area contributed by atoms with Gasteiger partial charge in [0.1, 0.15) is 0 Å². The van der Waals surface area contributed by atoms with E-state index in [0.717, 1.165) is 16.9 Å². The molecule has 0 aliphatic carbocycles. The number of anilines is 2. The number of nitrogens with two attached hydrogens (primary N) is 1. The number of imidazole rings is 1. The zero-order valence-corrected chi connectivity index (χ0v) is 11.1. The molecule has 0 bridgehead atoms. The molecule has 4 N–H and O–H groups in total. The van der Waals surface area contributed by atoms with E-state index in [-0.39, 0.29) is 5.91 Å². The number of amides is 1. The van der Waals surface area contributed by atoms with Gasteiger partial charge in [-0.1, -0.05) is 12.1 Å². The highest BCUT2D eigenvalue weighted by Crippen LogP contribution is 2.20. The predicted molar refractivity (Wildman–Crippen MR) is 77.0 cm³/mol. The van der Waals surface area contributed by atoms with Crippen LogP contribution in [0.3, 0.4) is 0 Å². The van der Waals surface area contributed by atoms with Crippen molar-refractivity contribution in [1.82, 2.24) is 9.97 Å². The molecule has 2 rings (SSSR count). The van der Waals surface area contributed by atoms with Gasteiger partial charge in [0, 0.05) is 18.0 Å². The van der Waals surface area contributed by atoms with Crippen LogP contribution in [-0.4, -0.2) is 21.8 Å². The summed E-state index contributed by atoms with van der Waals surface area (Å²) in [6.45, 7) is 0. The number of alkyl halides is 1. The maximum Gasteiger partial charge on any atom is 0.224 e. The van der Waals surface area contributed by atoms with Gasteiger partial charge in [0.15, 0.2) is 5.95 Å². The van der Waals surface area contributed by atoms with Crippen LogP contribution in [0.5, 0.6) is 0 Å². The van der Waals surface area contributed by atoms with Crippen LogP contribution in [-0.2, 0) is 4.79 Å². The highest BCUT2D eigenvalue weighted by atomic mass is 35.5. The van der Waals surface area contributed by atoms with E-state index in [1.165, 1.54) is 0 Å². The Kier molecular flexibility index (Phi) is 4.41. The van der Waals surface area contributed by atoms with Gasteiger partial charge in [-0.15, -0.1) is 11.6 Å². The number of aromatic nitrogens is 2. The fourth-order valence-corrected chi connectivity index (χ4v) is 1.80. The van der Waals surface area contributed by atoms with Crippen molar-refractivity contribution in [3.63, 3.8) is 0 Å². The van der Waals surface area contributed by atoms with Crippen LogP contribution < -0.4 is 11.1 Å². The Labute approximate surface area is 116 Å². The molecule has 0 saturated heterocycles. The lowest BCUT2D eigenvalue weighted by atomic mass is 10.1. The molecule has 0 saturated carbocycles. The van der Waals surface area contributed by atoms with Crippen LogP contribution >= 0.6 is 11.6 Å². The van der Waals surface area contributed by atoms with Crippen molar-refractivity contribution >= 4 is 29.1 Å². The van der Waals surface area contributed by atoms with Gasteiger partial charge in [-0.05, 0) is 24.1 Å². The minimum atomic E-state index is -0.0285. The maximum absolute atomic E-state index is 11.5. The third-order valence-corrected chi connectivity index (χ3v) is 2.88. The average Bonchev–Trinajstić information content (AvgIpc) is 2.84. The summed E-state index contributed by atoms with van der Waals surface area (Å²) < 4.78 is 0. The first-order chi connectivity index (χ1) is 9.19. The number of carbonyl (C=O) groups is 1. The van der Waals surface area contributed by atoms with Gasteiger partial charge in [0.05, 0.1) is 11.9 Å². The Morgan fingerprint density at radius 3 is 2.68 bits per heavy atom.